The van der Waals surface area contributed by atoms with Crippen LogP contribution in [0.15, 0.2) is 61.4 Å². The van der Waals surface area contributed by atoms with Gasteiger partial charge in [-0.25, -0.2) is 19.0 Å². The van der Waals surface area contributed by atoms with Crippen molar-refractivity contribution in [2.75, 3.05) is 24.8 Å². The number of amides is 1. The molecular weight excluding hydrogens is 631 g/mol. The van der Waals surface area contributed by atoms with Crippen molar-refractivity contribution in [3.8, 4) is 17.0 Å². The Labute approximate surface area is 251 Å². The fourth-order valence-corrected chi connectivity index (χ4v) is 3.65. The van der Waals surface area contributed by atoms with E-state index in [2.05, 4.69) is 21.6 Å². The van der Waals surface area contributed by atoms with Gasteiger partial charge in [0, 0.05) is 29.7 Å². The van der Waals surface area contributed by atoms with Crippen LogP contribution in [0.1, 0.15) is 5.56 Å². The maximum absolute atomic E-state index is 13.9. The van der Waals surface area contributed by atoms with Crippen LogP contribution in [0.5, 0.6) is 5.75 Å². The number of hydrogen-bond donors (Lipinski definition) is 4. The van der Waals surface area contributed by atoms with Gasteiger partial charge in [-0.05, 0) is 35.9 Å². The average Bonchev–Trinajstić information content (AvgIpc) is 3.25. The van der Waals surface area contributed by atoms with Crippen LogP contribution in [-0.2, 0) is 38.1 Å². The predicted octanol–water partition coefficient (Wildman–Crippen LogP) is 2.80. The minimum Gasteiger partial charge on any atom is -0.508 e. The maximum atomic E-state index is 13.9. The summed E-state index contributed by atoms with van der Waals surface area (Å²) in [7, 11) is -7.33. The summed E-state index contributed by atoms with van der Waals surface area (Å²) in [6.07, 6.45) is 3.99. The molecule has 0 spiro atoms. The van der Waals surface area contributed by atoms with Crippen LogP contribution in [0.4, 0.5) is 10.2 Å². The van der Waals surface area contributed by atoms with E-state index in [4.69, 9.17) is 26.4 Å². The Balaban J connectivity index is 0.000000559. The second-order valence-corrected chi connectivity index (χ2v) is 12.2. The standard InChI is InChI=1S/C23H20ClFN6O2.2CH4O3S/c1-2-19(33)30(12-14-3-5-16(24)6-4-14)7-8-31-23-20(22(26)27-13-28-23)21(29-31)15-9-17(25)11-18(32)10-15;2*1-5(2,3)4/h2-6,9-11,13,32H,1,7-8,12H2,(H2,26,27,28);2*1H3,(H,2,3,4). The molecule has 0 fully saturated rings. The van der Waals surface area contributed by atoms with Crippen molar-refractivity contribution in [1.82, 2.24) is 24.6 Å². The first-order valence-corrected chi connectivity index (χ1v) is 15.9. The van der Waals surface area contributed by atoms with E-state index in [0.717, 1.165) is 11.6 Å². The quantitative estimate of drug-likeness (QED) is 0.166. The van der Waals surface area contributed by atoms with Crippen LogP contribution in [0, 0.1) is 5.82 Å². The molecule has 2 aromatic heterocycles. The number of carbonyl (C=O) groups excluding carboxylic acids is 1. The number of aromatic nitrogens is 4. The first-order valence-electron chi connectivity index (χ1n) is 11.8. The zero-order valence-electron chi connectivity index (χ0n) is 22.8. The minimum absolute atomic E-state index is 0.171. The monoisotopic (exact) mass is 658 g/mol. The summed E-state index contributed by atoms with van der Waals surface area (Å²) in [6, 6.07) is 10.8. The van der Waals surface area contributed by atoms with Crippen molar-refractivity contribution < 1.29 is 40.2 Å². The Morgan fingerprint density at radius 2 is 1.67 bits per heavy atom. The molecule has 0 saturated carbocycles. The molecule has 0 unspecified atom stereocenters. The van der Waals surface area contributed by atoms with E-state index in [-0.39, 0.29) is 24.0 Å². The van der Waals surface area contributed by atoms with Crippen LogP contribution in [0.2, 0.25) is 5.02 Å². The molecule has 2 heterocycles. The second-order valence-electron chi connectivity index (χ2n) is 8.78. The van der Waals surface area contributed by atoms with E-state index in [1.54, 1.807) is 21.7 Å². The lowest BCUT2D eigenvalue weighted by Gasteiger charge is -2.21. The molecule has 4 aromatic rings. The topological polar surface area (TPSA) is 219 Å². The molecule has 0 radical (unpaired) electrons. The summed E-state index contributed by atoms with van der Waals surface area (Å²) in [4.78, 5) is 22.4. The number of hydrogen-bond acceptors (Lipinski definition) is 10. The van der Waals surface area contributed by atoms with E-state index in [0.29, 0.717) is 52.9 Å². The Morgan fingerprint density at radius 3 is 2.21 bits per heavy atom. The Kier molecular flexibility index (Phi) is 12.1. The molecule has 0 atom stereocenters. The Morgan fingerprint density at radius 1 is 1.09 bits per heavy atom. The Bertz CT molecular complexity index is 1750. The van der Waals surface area contributed by atoms with Crippen LogP contribution < -0.4 is 5.73 Å². The number of benzene rings is 2. The lowest BCUT2D eigenvalue weighted by atomic mass is 10.1. The van der Waals surface area contributed by atoms with Crippen LogP contribution in [0.25, 0.3) is 22.3 Å². The molecule has 232 valence electrons. The van der Waals surface area contributed by atoms with Crippen molar-refractivity contribution in [1.29, 1.82) is 0 Å². The van der Waals surface area contributed by atoms with E-state index < -0.39 is 26.1 Å². The third kappa shape index (κ3) is 12.3. The van der Waals surface area contributed by atoms with Gasteiger partial charge in [-0.3, -0.25) is 13.9 Å². The van der Waals surface area contributed by atoms with Gasteiger partial charge in [0.05, 0.1) is 24.4 Å². The van der Waals surface area contributed by atoms with Gasteiger partial charge in [0.1, 0.15) is 29.4 Å². The molecular formula is C25H28ClFN6O8S2. The highest BCUT2D eigenvalue weighted by molar-refractivity contribution is 7.85. The molecule has 0 aliphatic heterocycles. The predicted molar refractivity (Wildman–Crippen MR) is 159 cm³/mol. The highest BCUT2D eigenvalue weighted by Gasteiger charge is 2.19. The molecule has 0 aliphatic carbocycles. The third-order valence-electron chi connectivity index (χ3n) is 5.07. The number of nitrogens with zero attached hydrogens (tertiary/aromatic N) is 5. The van der Waals surface area contributed by atoms with Gasteiger partial charge >= 0.3 is 0 Å². The SMILES string of the molecule is C=CC(=O)N(CCn1nc(-c2cc(O)cc(F)c2)c2c(N)ncnc21)Cc1ccc(Cl)cc1.CS(=O)(=O)O.CS(=O)(=O)O. The van der Waals surface area contributed by atoms with Crippen molar-refractivity contribution in [3.05, 3.63) is 77.9 Å². The van der Waals surface area contributed by atoms with E-state index in [1.165, 1.54) is 24.5 Å². The average molecular weight is 659 g/mol. The smallest absolute Gasteiger partial charge is 0.261 e. The largest absolute Gasteiger partial charge is 0.508 e. The summed E-state index contributed by atoms with van der Waals surface area (Å²) in [6.45, 7) is 4.51. The fourth-order valence-electron chi connectivity index (χ4n) is 3.52. The summed E-state index contributed by atoms with van der Waals surface area (Å²) < 4.78 is 67.2. The van der Waals surface area contributed by atoms with Gasteiger partial charge in [-0.15, -0.1) is 0 Å². The molecule has 2 aromatic carbocycles. The van der Waals surface area contributed by atoms with Gasteiger partial charge < -0.3 is 15.7 Å². The molecule has 18 heteroatoms. The number of rotatable bonds is 7. The maximum Gasteiger partial charge on any atom is 0.261 e. The summed E-state index contributed by atoms with van der Waals surface area (Å²) in [5.74, 6) is -0.932. The van der Waals surface area contributed by atoms with Gasteiger partial charge in [-0.2, -0.15) is 21.9 Å². The normalized spacial score (nSPS) is 11.1. The third-order valence-corrected chi connectivity index (χ3v) is 5.32. The molecule has 1 amide bonds. The first kappa shape index (κ1) is 35.0. The number of aromatic hydroxyl groups is 1. The second kappa shape index (κ2) is 14.8. The molecule has 14 nitrogen and oxygen atoms in total. The lowest BCUT2D eigenvalue weighted by molar-refractivity contribution is -0.126. The zero-order chi connectivity index (χ0) is 32.5. The zero-order valence-corrected chi connectivity index (χ0v) is 25.2. The molecule has 43 heavy (non-hydrogen) atoms. The fraction of sp³-hybridized carbons (Fsp3) is 0.200. The van der Waals surface area contributed by atoms with Crippen LogP contribution >= 0.6 is 11.6 Å². The van der Waals surface area contributed by atoms with E-state index in [9.17, 15) is 31.1 Å². The molecule has 0 bridgehead atoms. The number of nitrogen functional groups attached to an aromatic ring is 1. The van der Waals surface area contributed by atoms with Gasteiger partial charge in [0.15, 0.2) is 5.65 Å². The highest BCUT2D eigenvalue weighted by Crippen LogP contribution is 2.32. The lowest BCUT2D eigenvalue weighted by Crippen LogP contribution is -2.32. The molecule has 5 N–H and O–H groups in total. The van der Waals surface area contributed by atoms with Crippen molar-refractivity contribution in [2.24, 2.45) is 0 Å². The van der Waals surface area contributed by atoms with Crippen LogP contribution in [0.3, 0.4) is 0 Å². The highest BCUT2D eigenvalue weighted by atomic mass is 35.5. The summed E-state index contributed by atoms with van der Waals surface area (Å²) in [5, 5.41) is 15.4. The number of anilines is 1. The molecule has 0 aliphatic rings. The number of nitrogens with two attached hydrogens (primary N) is 1. The van der Waals surface area contributed by atoms with Crippen LogP contribution in [-0.4, -0.2) is 80.7 Å². The molecule has 0 saturated heterocycles. The van der Waals surface area contributed by atoms with Gasteiger partial charge in [0.25, 0.3) is 20.2 Å². The van der Waals surface area contributed by atoms with Crippen molar-refractivity contribution >= 4 is 54.6 Å². The van der Waals surface area contributed by atoms with E-state index >= 15 is 0 Å². The first-order chi connectivity index (χ1) is 19.9. The van der Waals surface area contributed by atoms with Crippen molar-refractivity contribution in [3.63, 3.8) is 0 Å². The van der Waals surface area contributed by atoms with Gasteiger partial charge in [-0.1, -0.05) is 30.3 Å². The number of halogens is 2. The van der Waals surface area contributed by atoms with Crippen molar-refractivity contribution in [2.45, 2.75) is 13.1 Å². The molecule has 4 rings (SSSR count). The van der Waals surface area contributed by atoms with Gasteiger partial charge in [0.2, 0.25) is 5.91 Å². The number of carbonyl (C=O) groups is 1. The summed E-state index contributed by atoms with van der Waals surface area (Å²) in [5.41, 5.74) is 8.07. The summed E-state index contributed by atoms with van der Waals surface area (Å²) >= 11 is 5.95. The minimum atomic E-state index is -3.67. The number of fused-ring (bicyclic) bond motifs is 1. The number of phenols is 1. The number of phenolic OH excluding ortho intramolecular Hbond substituents is 1. The Hall–Kier alpha value is -4.16. The van der Waals surface area contributed by atoms with E-state index in [1.807, 2.05) is 12.1 Å².